The lowest BCUT2D eigenvalue weighted by atomic mass is 10.2. The van der Waals surface area contributed by atoms with Crippen LogP contribution in [-0.2, 0) is 0 Å². The van der Waals surface area contributed by atoms with E-state index in [-0.39, 0.29) is 5.69 Å². The zero-order valence-electron chi connectivity index (χ0n) is 9.54. The summed E-state index contributed by atoms with van der Waals surface area (Å²) in [6, 6.07) is 13.4. The second-order valence-electron chi connectivity index (χ2n) is 3.61. The summed E-state index contributed by atoms with van der Waals surface area (Å²) in [4.78, 5) is 11.8. The number of nitro benzene ring substituents is 1. The van der Waals surface area contributed by atoms with Gasteiger partial charge in [-0.25, -0.2) is 0 Å². The molecule has 19 heavy (non-hydrogen) atoms. The highest BCUT2D eigenvalue weighted by molar-refractivity contribution is 7.99. The van der Waals surface area contributed by atoms with Crippen molar-refractivity contribution in [2.75, 3.05) is 0 Å². The van der Waals surface area contributed by atoms with E-state index >= 15 is 0 Å². The van der Waals surface area contributed by atoms with Crippen LogP contribution in [0.25, 0.3) is 0 Å². The maximum absolute atomic E-state index is 11.0. The Morgan fingerprint density at radius 2 is 1.89 bits per heavy atom. The zero-order valence-corrected chi connectivity index (χ0v) is 11.1. The van der Waals surface area contributed by atoms with Crippen molar-refractivity contribution in [3.8, 4) is 6.07 Å². The molecule has 0 aliphatic carbocycles. The molecule has 4 nitrogen and oxygen atoms in total. The Balaban J connectivity index is 2.32. The average molecular weight is 291 g/mol. The molecule has 0 saturated heterocycles. The van der Waals surface area contributed by atoms with Crippen LogP contribution in [0, 0.1) is 21.4 Å². The predicted octanol–water partition coefficient (Wildman–Crippen LogP) is 4.27. The van der Waals surface area contributed by atoms with E-state index in [2.05, 4.69) is 0 Å². The van der Waals surface area contributed by atoms with Gasteiger partial charge in [0.1, 0.15) is 0 Å². The van der Waals surface area contributed by atoms with Crippen molar-refractivity contribution in [1.82, 2.24) is 0 Å². The zero-order chi connectivity index (χ0) is 13.8. The van der Waals surface area contributed by atoms with Gasteiger partial charge in [-0.2, -0.15) is 5.26 Å². The highest BCUT2D eigenvalue weighted by Gasteiger charge is 2.15. The summed E-state index contributed by atoms with van der Waals surface area (Å²) in [5, 5.41) is 20.0. The van der Waals surface area contributed by atoms with Crippen molar-refractivity contribution < 1.29 is 4.92 Å². The van der Waals surface area contributed by atoms with Gasteiger partial charge in [0.05, 0.1) is 21.5 Å². The Bertz CT molecular complexity index is 665. The minimum Gasteiger partial charge on any atom is -0.258 e. The van der Waals surface area contributed by atoms with Crippen LogP contribution in [0.2, 0.25) is 5.02 Å². The first kappa shape index (κ1) is 13.4. The molecule has 2 rings (SSSR count). The Morgan fingerprint density at radius 1 is 1.21 bits per heavy atom. The van der Waals surface area contributed by atoms with E-state index in [0.717, 1.165) is 4.90 Å². The minimum absolute atomic E-state index is 0.0261. The Morgan fingerprint density at radius 3 is 2.47 bits per heavy atom. The molecule has 0 bridgehead atoms. The fourth-order valence-electron chi connectivity index (χ4n) is 1.44. The fourth-order valence-corrected chi connectivity index (χ4v) is 2.51. The van der Waals surface area contributed by atoms with Gasteiger partial charge in [-0.3, -0.25) is 10.1 Å². The summed E-state index contributed by atoms with van der Waals surface area (Å²) < 4.78 is 0. The van der Waals surface area contributed by atoms with Crippen molar-refractivity contribution in [2.45, 2.75) is 9.79 Å². The lowest BCUT2D eigenvalue weighted by molar-refractivity contribution is -0.387. The summed E-state index contributed by atoms with van der Waals surface area (Å²) >= 11 is 7.01. The number of benzene rings is 2. The summed E-state index contributed by atoms with van der Waals surface area (Å²) in [6.45, 7) is 0. The van der Waals surface area contributed by atoms with Gasteiger partial charge < -0.3 is 0 Å². The van der Waals surface area contributed by atoms with Crippen LogP contribution in [0.5, 0.6) is 0 Å². The summed E-state index contributed by atoms with van der Waals surface area (Å²) in [6.07, 6.45) is 0. The average Bonchev–Trinajstić information content (AvgIpc) is 2.41. The van der Waals surface area contributed by atoms with E-state index < -0.39 is 4.92 Å². The number of hydrogen-bond donors (Lipinski definition) is 0. The van der Waals surface area contributed by atoms with Crippen LogP contribution >= 0.6 is 23.4 Å². The number of rotatable bonds is 3. The molecule has 94 valence electrons. The molecular weight excluding hydrogens is 284 g/mol. The summed E-state index contributed by atoms with van der Waals surface area (Å²) in [5.41, 5.74) is 0.525. The molecule has 0 aliphatic rings. The van der Waals surface area contributed by atoms with Gasteiger partial charge >= 0.3 is 0 Å². The highest BCUT2D eigenvalue weighted by Crippen LogP contribution is 2.36. The summed E-state index contributed by atoms with van der Waals surface area (Å²) in [5.74, 6) is 0. The van der Waals surface area contributed by atoms with E-state index in [0.29, 0.717) is 15.5 Å². The molecule has 6 heteroatoms. The van der Waals surface area contributed by atoms with Gasteiger partial charge in [-0.1, -0.05) is 23.4 Å². The van der Waals surface area contributed by atoms with Crippen molar-refractivity contribution in [1.29, 1.82) is 5.26 Å². The molecule has 0 unspecified atom stereocenters. The molecule has 0 aliphatic heterocycles. The van der Waals surface area contributed by atoms with Crippen molar-refractivity contribution >= 4 is 29.1 Å². The van der Waals surface area contributed by atoms with E-state index in [4.69, 9.17) is 16.9 Å². The molecule has 0 radical (unpaired) electrons. The topological polar surface area (TPSA) is 66.9 Å². The first-order valence-corrected chi connectivity index (χ1v) is 6.41. The lowest BCUT2D eigenvalue weighted by Crippen LogP contribution is -1.90. The number of hydrogen-bond acceptors (Lipinski definition) is 4. The van der Waals surface area contributed by atoms with Crippen LogP contribution in [-0.4, -0.2) is 4.92 Å². The van der Waals surface area contributed by atoms with E-state index in [9.17, 15) is 10.1 Å². The SMILES string of the molecule is N#Cc1ccc(Sc2ccc(Cl)cc2[N+](=O)[O-])cc1. The second-order valence-corrected chi connectivity index (χ2v) is 5.16. The van der Waals surface area contributed by atoms with Gasteiger partial charge in [0, 0.05) is 16.0 Å². The predicted molar refractivity (Wildman–Crippen MR) is 73.4 cm³/mol. The van der Waals surface area contributed by atoms with Gasteiger partial charge in [-0.05, 0) is 36.4 Å². The van der Waals surface area contributed by atoms with Crippen LogP contribution in [0.15, 0.2) is 52.3 Å². The second kappa shape index (κ2) is 5.74. The molecule has 0 N–H and O–H groups in total. The van der Waals surface area contributed by atoms with E-state index in [1.807, 2.05) is 6.07 Å². The van der Waals surface area contributed by atoms with Crippen molar-refractivity contribution in [3.63, 3.8) is 0 Å². The molecule has 0 saturated carbocycles. The van der Waals surface area contributed by atoms with Gasteiger partial charge in [-0.15, -0.1) is 0 Å². The van der Waals surface area contributed by atoms with Crippen LogP contribution in [0.3, 0.4) is 0 Å². The monoisotopic (exact) mass is 290 g/mol. The Labute approximate surface area is 118 Å². The number of nitrogens with zero attached hydrogens (tertiary/aromatic N) is 2. The third kappa shape index (κ3) is 3.25. The molecule has 2 aromatic rings. The first-order chi connectivity index (χ1) is 9.10. The van der Waals surface area contributed by atoms with Crippen LogP contribution in [0.4, 0.5) is 5.69 Å². The number of halogens is 1. The lowest BCUT2D eigenvalue weighted by Gasteiger charge is -2.03. The van der Waals surface area contributed by atoms with Crippen molar-refractivity contribution in [2.24, 2.45) is 0 Å². The molecule has 0 spiro atoms. The molecule has 0 heterocycles. The van der Waals surface area contributed by atoms with Crippen LogP contribution < -0.4 is 0 Å². The maximum atomic E-state index is 11.0. The number of nitriles is 1. The van der Waals surface area contributed by atoms with Gasteiger partial charge in [0.2, 0.25) is 0 Å². The molecule has 0 fully saturated rings. The largest absolute Gasteiger partial charge is 0.284 e. The fraction of sp³-hybridized carbons (Fsp3) is 0. The minimum atomic E-state index is -0.460. The first-order valence-electron chi connectivity index (χ1n) is 5.22. The normalized spacial score (nSPS) is 9.89. The quantitative estimate of drug-likeness (QED) is 0.625. The summed E-state index contributed by atoms with van der Waals surface area (Å²) in [7, 11) is 0. The third-order valence-corrected chi connectivity index (χ3v) is 3.64. The smallest absolute Gasteiger partial charge is 0.258 e. The van der Waals surface area contributed by atoms with Gasteiger partial charge in [0.25, 0.3) is 5.69 Å². The van der Waals surface area contributed by atoms with Crippen LogP contribution in [0.1, 0.15) is 5.56 Å². The standard InChI is InChI=1S/C13H7ClN2O2S/c14-10-3-6-13(12(7-10)16(17)18)19-11-4-1-9(8-15)2-5-11/h1-7H. The van der Waals surface area contributed by atoms with Crippen molar-refractivity contribution in [3.05, 3.63) is 63.2 Å². The van der Waals surface area contributed by atoms with Gasteiger partial charge in [0.15, 0.2) is 0 Å². The molecule has 2 aromatic carbocycles. The molecule has 0 atom stereocenters. The number of nitro groups is 1. The van der Waals surface area contributed by atoms with E-state index in [1.165, 1.54) is 17.8 Å². The highest BCUT2D eigenvalue weighted by atomic mass is 35.5. The Hall–Kier alpha value is -2.03. The molecular formula is C13H7ClN2O2S. The van der Waals surface area contributed by atoms with E-state index in [1.54, 1.807) is 36.4 Å². The third-order valence-electron chi connectivity index (χ3n) is 2.33. The maximum Gasteiger partial charge on any atom is 0.284 e. The Kier molecular flexibility index (Phi) is 4.05. The molecule has 0 aromatic heterocycles. The molecule has 0 amide bonds.